The zero-order valence-electron chi connectivity index (χ0n) is 57.1. The van der Waals surface area contributed by atoms with Crippen molar-refractivity contribution in [2.24, 2.45) is 0 Å². The summed E-state index contributed by atoms with van der Waals surface area (Å²) in [4.78, 5) is 11.2. The highest BCUT2D eigenvalue weighted by Crippen LogP contribution is 2.46. The topological polar surface area (TPSA) is 40.6 Å². The molecule has 0 fully saturated rings. The fourth-order valence-corrected chi connectivity index (χ4v) is 20.6. The Balaban J connectivity index is 0.624. The minimum Gasteiger partial charge on any atom is -0.333 e. The summed E-state index contributed by atoms with van der Waals surface area (Å²) in [6, 6.07) is 119. The molecule has 106 heavy (non-hydrogen) atoms. The van der Waals surface area contributed by atoms with E-state index in [1.807, 2.05) is 34.0 Å². The van der Waals surface area contributed by atoms with Crippen LogP contribution >= 0.6 is 34.0 Å². The molecule has 1 unspecified atom stereocenters. The standard InChI is InChI=1S/C98H59N5S3/c1-7-22-85-71(16-1)77-51-61(64-36-47-94-80(54-64)74-19-4-10-25-91(74)104-94)33-44-88(77)101(85)68-39-28-58(29-40-68)60-32-43-84-83(57-60)97(67-14-13-15-70(50-67)103-87-24-9-3-18-73(87)79-53-63(35-46-90(79)103)66-38-49-96-82(56-66)76-21-6-12-27-93(76)106-96)100-98(99-84)59-30-41-69(42-31-59)102-86-23-8-2-17-72(86)78-52-62(34-45-89(78)102)65-37-48-95-81(55-65)75-20-5-11-26-92(75)105-95/h1-39,41-57,68H,40H2. The number of para-hydroxylation sites is 3. The van der Waals surface area contributed by atoms with E-state index in [9.17, 15) is 0 Å². The van der Waals surface area contributed by atoms with Gasteiger partial charge in [-0.3, -0.25) is 0 Å². The van der Waals surface area contributed by atoms with E-state index in [0.29, 0.717) is 5.82 Å². The van der Waals surface area contributed by atoms with Crippen molar-refractivity contribution in [3.05, 3.63) is 345 Å². The summed E-state index contributed by atoms with van der Waals surface area (Å²) in [5, 5.41) is 16.3. The van der Waals surface area contributed by atoms with Crippen LogP contribution in [0.1, 0.15) is 18.0 Å². The van der Waals surface area contributed by atoms with Crippen molar-refractivity contribution in [3.8, 4) is 67.4 Å². The Morgan fingerprint density at radius 1 is 0.264 bits per heavy atom. The van der Waals surface area contributed by atoms with Crippen LogP contribution in [-0.2, 0) is 0 Å². The lowest BCUT2D eigenvalue weighted by Crippen LogP contribution is -2.08. The Kier molecular flexibility index (Phi) is 13.1. The fraction of sp³-hybridized carbons (Fsp3) is 0.0204. The number of thiophene rings is 3. The van der Waals surface area contributed by atoms with E-state index in [-0.39, 0.29) is 6.04 Å². The van der Waals surface area contributed by atoms with Gasteiger partial charge in [0, 0.05) is 132 Å². The first-order valence-electron chi connectivity index (χ1n) is 36.2. The van der Waals surface area contributed by atoms with Gasteiger partial charge >= 0.3 is 0 Å². The molecule has 0 amide bonds. The molecule has 0 bridgehead atoms. The molecule has 0 N–H and O–H groups in total. The van der Waals surface area contributed by atoms with Crippen molar-refractivity contribution < 1.29 is 0 Å². The van der Waals surface area contributed by atoms with Crippen LogP contribution < -0.4 is 0 Å². The summed E-state index contributed by atoms with van der Waals surface area (Å²) in [6.07, 6.45) is 8.01. The molecule has 0 saturated heterocycles. The number of nitrogens with zero attached hydrogens (tertiary/aromatic N) is 5. The van der Waals surface area contributed by atoms with E-state index in [1.165, 1.54) is 143 Å². The molecule has 8 heteroatoms. The lowest BCUT2D eigenvalue weighted by atomic mass is 9.94. The first-order chi connectivity index (χ1) is 52.5. The molecule has 1 atom stereocenters. The molecule has 15 aromatic carbocycles. The fourth-order valence-electron chi connectivity index (χ4n) is 17.3. The van der Waals surface area contributed by atoms with Gasteiger partial charge in [0.15, 0.2) is 5.82 Å². The number of fused-ring (bicyclic) bond motifs is 19. The van der Waals surface area contributed by atoms with Crippen LogP contribution in [0.5, 0.6) is 0 Å². The van der Waals surface area contributed by atoms with Crippen LogP contribution in [0.4, 0.5) is 0 Å². The van der Waals surface area contributed by atoms with Gasteiger partial charge < -0.3 is 13.7 Å². The summed E-state index contributed by atoms with van der Waals surface area (Å²) in [5.74, 6) is 0.669. The quantitative estimate of drug-likeness (QED) is 0.144. The minimum atomic E-state index is 0.118. The SMILES string of the molecule is C1=CC(n2c3ccccc3c3cc(-c4ccc5sc6ccccc6c5c4)ccc32)CC=C1c1ccc2nc(-c3ccc(-n4c5ccccc5c5cc(-c6ccc7sc8ccccc8c7c6)ccc54)cc3)nc(-c3cccc(-n4c5ccccc5c5cc(-c6ccc7sc8ccccc8c7c6)ccc54)c3)c2c1. The van der Waals surface area contributed by atoms with E-state index in [1.54, 1.807) is 0 Å². The van der Waals surface area contributed by atoms with Gasteiger partial charge in [-0.05, 0) is 209 Å². The van der Waals surface area contributed by atoms with Gasteiger partial charge in [0.05, 0.1) is 39.3 Å². The third kappa shape index (κ3) is 9.31. The molecule has 0 radical (unpaired) electrons. The molecule has 1 aliphatic carbocycles. The highest BCUT2D eigenvalue weighted by molar-refractivity contribution is 7.26. The number of benzene rings is 15. The summed E-state index contributed by atoms with van der Waals surface area (Å²) >= 11 is 5.59. The van der Waals surface area contributed by atoms with Crippen LogP contribution in [-0.4, -0.2) is 23.7 Å². The third-order valence-corrected chi connectivity index (χ3v) is 25.8. The van der Waals surface area contributed by atoms with Gasteiger partial charge in [0.1, 0.15) is 0 Å². The smallest absolute Gasteiger partial charge is 0.160 e. The van der Waals surface area contributed by atoms with Crippen LogP contribution in [0.15, 0.2) is 340 Å². The average Bonchev–Trinajstić information content (AvgIpc) is 1.55. The van der Waals surface area contributed by atoms with Gasteiger partial charge in [-0.15, -0.1) is 34.0 Å². The van der Waals surface area contributed by atoms with Crippen molar-refractivity contribution in [1.82, 2.24) is 23.7 Å². The molecule has 22 aromatic rings. The monoisotopic (exact) mass is 1400 g/mol. The van der Waals surface area contributed by atoms with Crippen molar-refractivity contribution >= 4 is 176 Å². The Hall–Kier alpha value is -12.8. The predicted octanol–water partition coefficient (Wildman–Crippen LogP) is 28.0. The van der Waals surface area contributed by atoms with Crippen LogP contribution in [0.25, 0.3) is 210 Å². The molecular weight excluding hydrogens is 1340 g/mol. The van der Waals surface area contributed by atoms with Gasteiger partial charge in [-0.2, -0.15) is 0 Å². The number of hydrogen-bond donors (Lipinski definition) is 0. The van der Waals surface area contributed by atoms with E-state index < -0.39 is 0 Å². The predicted molar refractivity (Wildman–Crippen MR) is 454 cm³/mol. The molecule has 0 spiro atoms. The Morgan fingerprint density at radius 3 is 1.19 bits per heavy atom. The van der Waals surface area contributed by atoms with Gasteiger partial charge in [0.2, 0.25) is 0 Å². The molecule has 7 heterocycles. The molecule has 23 rings (SSSR count). The van der Waals surface area contributed by atoms with E-state index >= 15 is 0 Å². The largest absolute Gasteiger partial charge is 0.333 e. The maximum absolute atomic E-state index is 5.71. The van der Waals surface area contributed by atoms with Gasteiger partial charge in [-0.1, -0.05) is 182 Å². The van der Waals surface area contributed by atoms with Crippen molar-refractivity contribution in [2.45, 2.75) is 12.5 Å². The second kappa shape index (κ2) is 23.3. The maximum atomic E-state index is 5.71. The number of hydrogen-bond acceptors (Lipinski definition) is 5. The summed E-state index contributed by atoms with van der Waals surface area (Å²) in [7, 11) is 0. The summed E-state index contributed by atoms with van der Waals surface area (Å²) < 4.78 is 15.3. The minimum absolute atomic E-state index is 0.118. The Morgan fingerprint density at radius 2 is 0.660 bits per heavy atom. The maximum Gasteiger partial charge on any atom is 0.160 e. The number of rotatable bonds is 9. The van der Waals surface area contributed by atoms with Crippen LogP contribution in [0.3, 0.4) is 0 Å². The Labute approximate surface area is 620 Å². The lowest BCUT2D eigenvalue weighted by Gasteiger charge is -2.21. The van der Waals surface area contributed by atoms with Crippen LogP contribution in [0, 0.1) is 0 Å². The van der Waals surface area contributed by atoms with Crippen molar-refractivity contribution in [3.63, 3.8) is 0 Å². The zero-order valence-corrected chi connectivity index (χ0v) is 59.5. The average molecular weight is 1400 g/mol. The first-order valence-corrected chi connectivity index (χ1v) is 38.7. The second-order valence-electron chi connectivity index (χ2n) is 28.3. The lowest BCUT2D eigenvalue weighted by molar-refractivity contribution is 0.649. The van der Waals surface area contributed by atoms with Gasteiger partial charge in [-0.25, -0.2) is 9.97 Å². The molecule has 1 aliphatic rings. The molecule has 494 valence electrons. The highest BCUT2D eigenvalue weighted by Gasteiger charge is 2.24. The third-order valence-electron chi connectivity index (χ3n) is 22.4. The molecule has 5 nitrogen and oxygen atoms in total. The van der Waals surface area contributed by atoms with Crippen molar-refractivity contribution in [1.29, 1.82) is 0 Å². The van der Waals surface area contributed by atoms with E-state index in [4.69, 9.17) is 9.97 Å². The zero-order chi connectivity index (χ0) is 69.2. The van der Waals surface area contributed by atoms with Gasteiger partial charge in [0.25, 0.3) is 0 Å². The number of aromatic nitrogens is 5. The van der Waals surface area contributed by atoms with E-state index in [2.05, 4.69) is 353 Å². The number of allylic oxidation sites excluding steroid dienone is 4. The summed E-state index contributed by atoms with van der Waals surface area (Å²) in [5.41, 5.74) is 22.5. The molecule has 7 aromatic heterocycles. The van der Waals surface area contributed by atoms with Crippen LogP contribution in [0.2, 0.25) is 0 Å². The highest BCUT2D eigenvalue weighted by atomic mass is 32.1. The first kappa shape index (κ1) is 59.7. The molecule has 0 saturated carbocycles. The Bertz CT molecular complexity index is 7570. The molecule has 0 aliphatic heterocycles. The van der Waals surface area contributed by atoms with E-state index in [0.717, 1.165) is 73.1 Å². The van der Waals surface area contributed by atoms with Crippen molar-refractivity contribution in [2.75, 3.05) is 0 Å². The summed E-state index contributed by atoms with van der Waals surface area (Å²) in [6.45, 7) is 0. The normalized spacial score (nSPS) is 13.5. The second-order valence-corrected chi connectivity index (χ2v) is 31.5. The molecular formula is C98H59N5S3.